The molecule has 0 aliphatic carbocycles. The molecule has 18 heavy (non-hydrogen) atoms. The molecule has 1 aliphatic heterocycles. The van der Waals surface area contributed by atoms with Crippen molar-refractivity contribution < 1.29 is 14.3 Å². The fourth-order valence-corrected chi connectivity index (χ4v) is 1.84. The van der Waals surface area contributed by atoms with Gasteiger partial charge in [-0.2, -0.15) is 0 Å². The second kappa shape index (κ2) is 5.08. The van der Waals surface area contributed by atoms with Gasteiger partial charge in [-0.1, -0.05) is 30.3 Å². The molecule has 0 unspecified atom stereocenters. The summed E-state index contributed by atoms with van der Waals surface area (Å²) < 4.78 is 5.07. The van der Waals surface area contributed by atoms with Crippen molar-refractivity contribution in [3.63, 3.8) is 0 Å². The fraction of sp³-hybridized carbons (Fsp3) is 0.385. The quantitative estimate of drug-likeness (QED) is 0.844. The molecule has 2 rings (SSSR count). The summed E-state index contributed by atoms with van der Waals surface area (Å²) in [6.07, 6.45) is 0.00474. The van der Waals surface area contributed by atoms with E-state index in [4.69, 9.17) is 4.74 Å². The number of carbonyl (C=O) groups is 2. The maximum Gasteiger partial charge on any atom is 0.408 e. The van der Waals surface area contributed by atoms with Gasteiger partial charge in [-0.3, -0.25) is 4.79 Å². The van der Waals surface area contributed by atoms with Gasteiger partial charge in [-0.15, -0.1) is 0 Å². The van der Waals surface area contributed by atoms with E-state index in [-0.39, 0.29) is 12.5 Å². The molecular formula is C13H16N2O3. The Bertz CT molecular complexity index is 447. The summed E-state index contributed by atoms with van der Waals surface area (Å²) in [6.45, 7) is 2.47. The van der Waals surface area contributed by atoms with Crippen LogP contribution in [0.2, 0.25) is 0 Å². The predicted molar refractivity (Wildman–Crippen MR) is 65.8 cm³/mol. The Morgan fingerprint density at radius 1 is 1.44 bits per heavy atom. The van der Waals surface area contributed by atoms with Crippen LogP contribution < -0.4 is 10.6 Å². The number of benzene rings is 1. The van der Waals surface area contributed by atoms with E-state index in [0.717, 1.165) is 5.56 Å². The molecule has 1 aromatic rings. The van der Waals surface area contributed by atoms with E-state index in [2.05, 4.69) is 10.6 Å². The highest BCUT2D eigenvalue weighted by atomic mass is 16.5. The SMILES string of the molecule is C[C@@]1(NC(=O)OCc2ccccc2)CCNC1=O. The molecule has 5 nitrogen and oxygen atoms in total. The first-order valence-electron chi connectivity index (χ1n) is 5.87. The van der Waals surface area contributed by atoms with Gasteiger partial charge in [0.1, 0.15) is 12.1 Å². The minimum absolute atomic E-state index is 0.167. The predicted octanol–water partition coefficient (Wildman–Crippen LogP) is 1.19. The highest BCUT2D eigenvalue weighted by molar-refractivity contribution is 5.91. The van der Waals surface area contributed by atoms with Crippen molar-refractivity contribution in [1.82, 2.24) is 10.6 Å². The molecule has 1 heterocycles. The third kappa shape index (κ3) is 2.80. The van der Waals surface area contributed by atoms with Gasteiger partial charge in [0.05, 0.1) is 0 Å². The third-order valence-electron chi connectivity index (χ3n) is 3.00. The van der Waals surface area contributed by atoms with Crippen molar-refractivity contribution in [2.75, 3.05) is 6.54 Å². The van der Waals surface area contributed by atoms with Crippen LogP contribution >= 0.6 is 0 Å². The number of rotatable bonds is 3. The number of alkyl carbamates (subject to hydrolysis) is 1. The Morgan fingerprint density at radius 2 is 2.17 bits per heavy atom. The van der Waals surface area contributed by atoms with E-state index in [0.29, 0.717) is 13.0 Å². The molecular weight excluding hydrogens is 232 g/mol. The molecule has 96 valence electrons. The lowest BCUT2D eigenvalue weighted by atomic mass is 10.0. The number of ether oxygens (including phenoxy) is 1. The van der Waals surface area contributed by atoms with Crippen molar-refractivity contribution >= 4 is 12.0 Å². The van der Waals surface area contributed by atoms with Gasteiger partial charge in [0.2, 0.25) is 5.91 Å². The summed E-state index contributed by atoms with van der Waals surface area (Å²) in [5.41, 5.74) is 0.0574. The Kier molecular flexibility index (Phi) is 3.50. The number of carbonyl (C=O) groups excluding carboxylic acids is 2. The molecule has 1 aromatic carbocycles. The molecule has 0 bridgehead atoms. The summed E-state index contributed by atoms with van der Waals surface area (Å²) in [4.78, 5) is 23.1. The zero-order valence-corrected chi connectivity index (χ0v) is 10.2. The summed E-state index contributed by atoms with van der Waals surface area (Å²) in [5, 5.41) is 5.28. The van der Waals surface area contributed by atoms with Gasteiger partial charge < -0.3 is 15.4 Å². The van der Waals surface area contributed by atoms with Gasteiger partial charge in [-0.25, -0.2) is 4.79 Å². The van der Waals surface area contributed by atoms with E-state index in [1.165, 1.54) is 0 Å². The van der Waals surface area contributed by atoms with Gasteiger partial charge in [0.25, 0.3) is 0 Å². The number of hydrogen-bond acceptors (Lipinski definition) is 3. The summed E-state index contributed by atoms with van der Waals surface area (Å²) in [7, 11) is 0. The van der Waals surface area contributed by atoms with Gasteiger partial charge in [-0.05, 0) is 18.9 Å². The van der Waals surface area contributed by atoms with E-state index in [1.54, 1.807) is 6.92 Å². The third-order valence-corrected chi connectivity index (χ3v) is 3.00. The monoisotopic (exact) mass is 248 g/mol. The fourth-order valence-electron chi connectivity index (χ4n) is 1.84. The topological polar surface area (TPSA) is 67.4 Å². The van der Waals surface area contributed by atoms with Gasteiger partial charge in [0, 0.05) is 6.54 Å². The summed E-state index contributed by atoms with van der Waals surface area (Å²) in [6, 6.07) is 9.40. The molecule has 2 amide bonds. The first kappa shape index (κ1) is 12.4. The summed E-state index contributed by atoms with van der Waals surface area (Å²) >= 11 is 0. The van der Waals surface area contributed by atoms with E-state index in [1.807, 2.05) is 30.3 Å². The first-order chi connectivity index (χ1) is 8.60. The minimum Gasteiger partial charge on any atom is -0.445 e. The first-order valence-corrected chi connectivity index (χ1v) is 5.87. The molecule has 0 spiro atoms. The van der Waals surface area contributed by atoms with Crippen LogP contribution in [0.5, 0.6) is 0 Å². The van der Waals surface area contributed by atoms with Crippen LogP contribution in [0.4, 0.5) is 4.79 Å². The lowest BCUT2D eigenvalue weighted by Gasteiger charge is -2.21. The van der Waals surface area contributed by atoms with Crippen LogP contribution in [-0.4, -0.2) is 24.1 Å². The van der Waals surface area contributed by atoms with Gasteiger partial charge >= 0.3 is 6.09 Å². The second-order valence-corrected chi connectivity index (χ2v) is 4.52. The van der Waals surface area contributed by atoms with Crippen LogP contribution in [0.25, 0.3) is 0 Å². The van der Waals surface area contributed by atoms with Crippen LogP contribution in [0.3, 0.4) is 0 Å². The van der Waals surface area contributed by atoms with Crippen LogP contribution in [-0.2, 0) is 16.1 Å². The molecule has 5 heteroatoms. The Morgan fingerprint density at radius 3 is 2.78 bits per heavy atom. The van der Waals surface area contributed by atoms with E-state index in [9.17, 15) is 9.59 Å². The Hall–Kier alpha value is -2.04. The summed E-state index contributed by atoms with van der Waals surface area (Å²) in [5.74, 6) is -0.167. The Labute approximate surface area is 106 Å². The number of hydrogen-bond donors (Lipinski definition) is 2. The molecule has 0 radical (unpaired) electrons. The second-order valence-electron chi connectivity index (χ2n) is 4.52. The number of nitrogens with one attached hydrogen (secondary N) is 2. The maximum atomic E-state index is 11.6. The maximum absolute atomic E-state index is 11.6. The molecule has 1 aliphatic rings. The minimum atomic E-state index is -0.853. The van der Waals surface area contributed by atoms with Crippen molar-refractivity contribution in [1.29, 1.82) is 0 Å². The zero-order valence-electron chi connectivity index (χ0n) is 10.2. The van der Waals surface area contributed by atoms with Crippen LogP contribution in [0.15, 0.2) is 30.3 Å². The zero-order chi connectivity index (χ0) is 13.0. The number of amides is 2. The van der Waals surface area contributed by atoms with E-state index < -0.39 is 11.6 Å². The van der Waals surface area contributed by atoms with Crippen molar-refractivity contribution in [3.8, 4) is 0 Å². The highest BCUT2D eigenvalue weighted by Crippen LogP contribution is 2.15. The average molecular weight is 248 g/mol. The van der Waals surface area contributed by atoms with Crippen LogP contribution in [0.1, 0.15) is 18.9 Å². The Balaban J connectivity index is 1.84. The normalized spacial score (nSPS) is 22.4. The molecule has 0 saturated carbocycles. The largest absolute Gasteiger partial charge is 0.445 e. The highest BCUT2D eigenvalue weighted by Gasteiger charge is 2.39. The average Bonchev–Trinajstić information content (AvgIpc) is 2.68. The molecule has 1 atom stereocenters. The molecule has 0 aromatic heterocycles. The lowest BCUT2D eigenvalue weighted by molar-refractivity contribution is -0.124. The standard InChI is InChI=1S/C13H16N2O3/c1-13(7-8-14-11(13)16)15-12(17)18-9-10-5-3-2-4-6-10/h2-6H,7-9H2,1H3,(H,14,16)(H,15,17)/t13-/m1/s1. The lowest BCUT2D eigenvalue weighted by Crippen LogP contribution is -2.51. The molecule has 1 saturated heterocycles. The molecule has 2 N–H and O–H groups in total. The van der Waals surface area contributed by atoms with Crippen molar-refractivity contribution in [2.45, 2.75) is 25.5 Å². The van der Waals surface area contributed by atoms with Gasteiger partial charge in [0.15, 0.2) is 0 Å². The van der Waals surface area contributed by atoms with Crippen molar-refractivity contribution in [2.24, 2.45) is 0 Å². The van der Waals surface area contributed by atoms with Crippen molar-refractivity contribution in [3.05, 3.63) is 35.9 Å². The smallest absolute Gasteiger partial charge is 0.408 e. The van der Waals surface area contributed by atoms with E-state index >= 15 is 0 Å². The van der Waals surface area contributed by atoms with Crippen LogP contribution in [0, 0.1) is 0 Å². The molecule has 1 fully saturated rings.